The van der Waals surface area contributed by atoms with Crippen LogP contribution in [0.15, 0.2) is 84.5 Å². The fraction of sp³-hybridized carbons (Fsp3) is 0.214. The van der Waals surface area contributed by atoms with Crippen LogP contribution in [0.3, 0.4) is 0 Å². The first kappa shape index (κ1) is 26.5. The van der Waals surface area contributed by atoms with E-state index in [1.54, 1.807) is 54.9 Å². The molecule has 41 heavy (non-hydrogen) atoms. The summed E-state index contributed by atoms with van der Waals surface area (Å²) in [6, 6.07) is 15.4. The van der Waals surface area contributed by atoms with Crippen molar-refractivity contribution in [3.63, 3.8) is 0 Å². The third-order valence-electron chi connectivity index (χ3n) is 7.26. The number of halogens is 1. The van der Waals surface area contributed by atoms with E-state index < -0.39 is 48.0 Å². The summed E-state index contributed by atoms with van der Waals surface area (Å²) < 4.78 is 21.3. The van der Waals surface area contributed by atoms with Gasteiger partial charge >= 0.3 is 5.97 Å². The highest BCUT2D eigenvalue weighted by atomic mass is 19.1. The molecule has 4 aromatic rings. The lowest BCUT2D eigenvalue weighted by Gasteiger charge is -2.38. The number of imidazole rings is 1. The van der Waals surface area contributed by atoms with E-state index in [1.165, 1.54) is 18.6 Å². The second kappa shape index (κ2) is 10.1. The van der Waals surface area contributed by atoms with Gasteiger partial charge < -0.3 is 35.7 Å². The molecule has 0 amide bonds. The lowest BCUT2D eigenvalue weighted by atomic mass is 9.77. The fourth-order valence-corrected chi connectivity index (χ4v) is 5.31. The smallest absolute Gasteiger partial charge is 0.335 e. The third kappa shape index (κ3) is 4.22. The molecule has 6 atom stereocenters. The Morgan fingerprint density at radius 2 is 1.76 bits per heavy atom. The van der Waals surface area contributed by atoms with E-state index >= 15 is 0 Å². The average molecular weight is 562 g/mol. The Labute approximate surface area is 231 Å². The SMILES string of the molecule is NC1=NC(c2ccncc2)(c2cccc(-c3cncn3O[C@@H]3O[C@H](C(=O)O)[C@@H](O)[C@H](O)[C@H]3O)c2)c2cccc(F)c21. The van der Waals surface area contributed by atoms with Crippen molar-refractivity contribution in [2.45, 2.75) is 36.2 Å². The summed E-state index contributed by atoms with van der Waals surface area (Å²) in [5.74, 6) is -1.99. The summed E-state index contributed by atoms with van der Waals surface area (Å²) in [7, 11) is 0. The van der Waals surface area contributed by atoms with E-state index in [2.05, 4.69) is 9.97 Å². The Bertz CT molecular complexity index is 1650. The van der Waals surface area contributed by atoms with Gasteiger partial charge in [-0.3, -0.25) is 4.98 Å². The van der Waals surface area contributed by atoms with Gasteiger partial charge in [0.05, 0.1) is 11.8 Å². The Kier molecular flexibility index (Phi) is 6.50. The number of aliphatic hydroxyl groups is 3. The average Bonchev–Trinajstić information content (AvgIpc) is 3.57. The molecule has 0 radical (unpaired) electrons. The number of aliphatic carboxylic acids is 1. The molecule has 1 saturated heterocycles. The van der Waals surface area contributed by atoms with Crippen molar-refractivity contribution in [1.29, 1.82) is 0 Å². The highest BCUT2D eigenvalue weighted by molar-refractivity contribution is 6.03. The van der Waals surface area contributed by atoms with Crippen LogP contribution in [-0.2, 0) is 15.1 Å². The van der Waals surface area contributed by atoms with Gasteiger partial charge in [0.15, 0.2) is 6.10 Å². The number of aromatic nitrogens is 3. The monoisotopic (exact) mass is 561 g/mol. The molecule has 210 valence electrons. The number of hydrogen-bond acceptors (Lipinski definition) is 10. The van der Waals surface area contributed by atoms with Gasteiger partial charge in [-0.15, -0.1) is 0 Å². The maximum Gasteiger partial charge on any atom is 0.335 e. The van der Waals surface area contributed by atoms with Crippen LogP contribution in [-0.4, -0.2) is 77.6 Å². The minimum atomic E-state index is -1.86. The Hall–Kier alpha value is -4.69. The van der Waals surface area contributed by atoms with Crippen molar-refractivity contribution < 1.29 is 39.2 Å². The largest absolute Gasteiger partial charge is 0.479 e. The third-order valence-corrected chi connectivity index (χ3v) is 7.26. The number of carboxylic acids is 1. The number of carboxylic acid groups (broad SMARTS) is 1. The molecule has 0 aliphatic carbocycles. The van der Waals surface area contributed by atoms with E-state index in [0.717, 1.165) is 4.73 Å². The molecular formula is C28H24FN5O7. The molecular weight excluding hydrogens is 537 g/mol. The van der Waals surface area contributed by atoms with Crippen molar-refractivity contribution in [1.82, 2.24) is 14.7 Å². The van der Waals surface area contributed by atoms with Crippen LogP contribution >= 0.6 is 0 Å². The van der Waals surface area contributed by atoms with Crippen LogP contribution < -0.4 is 10.6 Å². The number of benzene rings is 2. The predicted molar refractivity (Wildman–Crippen MR) is 140 cm³/mol. The Balaban J connectivity index is 1.42. The molecule has 12 nitrogen and oxygen atoms in total. The summed E-state index contributed by atoms with van der Waals surface area (Å²) in [4.78, 5) is 30.2. The van der Waals surface area contributed by atoms with Crippen LogP contribution in [0.25, 0.3) is 11.3 Å². The van der Waals surface area contributed by atoms with Gasteiger partial charge in [0.1, 0.15) is 47.5 Å². The lowest BCUT2D eigenvalue weighted by molar-refractivity contribution is -0.293. The zero-order valence-electron chi connectivity index (χ0n) is 21.2. The lowest BCUT2D eigenvalue weighted by Crippen LogP contribution is -2.62. The second-order valence-electron chi connectivity index (χ2n) is 9.63. The number of rotatable bonds is 6. The highest BCUT2D eigenvalue weighted by Gasteiger charge is 2.49. The van der Waals surface area contributed by atoms with Crippen molar-refractivity contribution in [3.05, 3.63) is 108 Å². The van der Waals surface area contributed by atoms with E-state index in [0.29, 0.717) is 27.9 Å². The standard InChI is InChI=1S/C28H24FN5O7/c29-18-6-2-5-17-20(18)25(30)33-28(17,15-7-9-31-10-8-15)16-4-1-3-14(11-16)19-12-32-13-34(19)41-27-23(37)21(35)22(36)24(40-27)26(38)39/h1-13,21-24,27,35-37H,(H2,30,33)(H,38,39)/t21-,22-,23+,24-,27-,28?/m0/s1. The van der Waals surface area contributed by atoms with Crippen LogP contribution in [0.4, 0.5) is 4.39 Å². The predicted octanol–water partition coefficient (Wildman–Crippen LogP) is 0.416. The number of amidine groups is 1. The second-order valence-corrected chi connectivity index (χ2v) is 9.63. The zero-order chi connectivity index (χ0) is 28.9. The number of hydrogen-bond donors (Lipinski definition) is 5. The number of fused-ring (bicyclic) bond motifs is 1. The Morgan fingerprint density at radius 1 is 1.00 bits per heavy atom. The molecule has 2 aliphatic heterocycles. The van der Waals surface area contributed by atoms with Crippen molar-refractivity contribution in [2.24, 2.45) is 10.7 Å². The topological polar surface area (TPSA) is 186 Å². The quantitative estimate of drug-likeness (QED) is 0.221. The minimum absolute atomic E-state index is 0.0471. The number of nitrogens with zero attached hydrogens (tertiary/aromatic N) is 4. The number of pyridine rings is 1. The molecule has 1 fully saturated rings. The Morgan fingerprint density at radius 3 is 2.51 bits per heavy atom. The number of nitrogens with two attached hydrogens (primary N) is 1. The van der Waals surface area contributed by atoms with E-state index in [1.807, 2.05) is 6.07 Å². The van der Waals surface area contributed by atoms with Gasteiger partial charge in [-0.1, -0.05) is 30.3 Å². The molecule has 1 unspecified atom stereocenters. The maximum atomic E-state index is 15.0. The molecule has 4 heterocycles. The van der Waals surface area contributed by atoms with Crippen molar-refractivity contribution in [2.75, 3.05) is 0 Å². The number of ether oxygens (including phenoxy) is 1. The number of aliphatic hydroxyl groups excluding tert-OH is 3. The van der Waals surface area contributed by atoms with Crippen molar-refractivity contribution >= 4 is 11.8 Å². The van der Waals surface area contributed by atoms with Gasteiger partial charge in [0.2, 0.25) is 0 Å². The minimum Gasteiger partial charge on any atom is -0.479 e. The summed E-state index contributed by atoms with van der Waals surface area (Å²) in [5.41, 5.74) is 8.09. The van der Waals surface area contributed by atoms with Crippen molar-refractivity contribution in [3.8, 4) is 11.3 Å². The summed E-state index contributed by atoms with van der Waals surface area (Å²) in [5, 5.41) is 39.9. The van der Waals surface area contributed by atoms with Gasteiger partial charge in [0, 0.05) is 23.5 Å². The van der Waals surface area contributed by atoms with Crippen LogP contribution in [0.1, 0.15) is 22.3 Å². The molecule has 6 N–H and O–H groups in total. The maximum absolute atomic E-state index is 15.0. The normalized spacial score (nSPS) is 27.2. The van der Waals surface area contributed by atoms with E-state index in [-0.39, 0.29) is 11.4 Å². The van der Waals surface area contributed by atoms with Gasteiger partial charge in [0.25, 0.3) is 6.29 Å². The van der Waals surface area contributed by atoms with Crippen LogP contribution in [0, 0.1) is 5.82 Å². The number of carbonyl (C=O) groups is 1. The fourth-order valence-electron chi connectivity index (χ4n) is 5.31. The zero-order valence-corrected chi connectivity index (χ0v) is 21.2. The summed E-state index contributed by atoms with van der Waals surface area (Å²) in [6.45, 7) is 0. The first-order chi connectivity index (χ1) is 19.7. The first-order valence-electron chi connectivity index (χ1n) is 12.5. The molecule has 6 rings (SSSR count). The molecule has 0 saturated carbocycles. The van der Waals surface area contributed by atoms with Crippen LogP contribution in [0.5, 0.6) is 0 Å². The molecule has 2 aliphatic rings. The van der Waals surface area contributed by atoms with Gasteiger partial charge in [-0.05, 0) is 35.4 Å². The summed E-state index contributed by atoms with van der Waals surface area (Å²) in [6.07, 6.45) is -3.00. The highest BCUT2D eigenvalue weighted by Crippen LogP contribution is 2.47. The molecule has 2 aromatic heterocycles. The molecule has 13 heteroatoms. The van der Waals surface area contributed by atoms with E-state index in [9.17, 15) is 29.6 Å². The molecule has 0 spiro atoms. The van der Waals surface area contributed by atoms with E-state index in [4.69, 9.17) is 20.3 Å². The van der Waals surface area contributed by atoms with Gasteiger partial charge in [-0.2, -0.15) is 4.73 Å². The summed E-state index contributed by atoms with van der Waals surface area (Å²) >= 11 is 0. The van der Waals surface area contributed by atoms with Crippen LogP contribution in [0.2, 0.25) is 0 Å². The number of aliphatic imine (C=N–C) groups is 1. The molecule has 2 aromatic carbocycles. The molecule has 0 bridgehead atoms. The first-order valence-corrected chi connectivity index (χ1v) is 12.5. The van der Waals surface area contributed by atoms with Gasteiger partial charge in [-0.25, -0.2) is 19.2 Å².